The highest BCUT2D eigenvalue weighted by Gasteiger charge is 2.23. The van der Waals surface area contributed by atoms with Crippen molar-refractivity contribution in [1.82, 2.24) is 9.55 Å². The Labute approximate surface area is 95.5 Å². The molecule has 2 nitrogen and oxygen atoms in total. The molecule has 2 unspecified atom stereocenters. The molecule has 0 aliphatic carbocycles. The van der Waals surface area contributed by atoms with E-state index in [9.17, 15) is 0 Å². The molecule has 82 valence electrons. The van der Waals surface area contributed by atoms with E-state index in [-0.39, 0.29) is 0 Å². The molecule has 2 aliphatic rings. The lowest BCUT2D eigenvalue weighted by molar-refractivity contribution is 0.394. The molecule has 3 heteroatoms. The molecule has 1 fully saturated rings. The minimum absolute atomic E-state index is 0.739. The zero-order valence-electron chi connectivity index (χ0n) is 9.28. The van der Waals surface area contributed by atoms with E-state index in [1.807, 2.05) is 0 Å². The Hall–Kier alpha value is -0.440. The Morgan fingerprint density at radius 1 is 1.47 bits per heavy atom. The zero-order valence-corrected chi connectivity index (χ0v) is 10.1. The van der Waals surface area contributed by atoms with Crippen molar-refractivity contribution in [3.63, 3.8) is 0 Å². The van der Waals surface area contributed by atoms with Crippen molar-refractivity contribution in [2.75, 3.05) is 11.5 Å². The molecule has 15 heavy (non-hydrogen) atoms. The molecular formula is C12H18N2S. The van der Waals surface area contributed by atoms with Crippen LogP contribution in [0.1, 0.15) is 37.2 Å². The smallest absolute Gasteiger partial charge is 0.108 e. The third-order valence-electron chi connectivity index (χ3n) is 3.59. The first-order valence-electron chi connectivity index (χ1n) is 5.96. The summed E-state index contributed by atoms with van der Waals surface area (Å²) in [4.78, 5) is 4.82. The second-order valence-corrected chi connectivity index (χ2v) is 6.09. The van der Waals surface area contributed by atoms with Gasteiger partial charge < -0.3 is 4.57 Å². The Morgan fingerprint density at radius 3 is 3.20 bits per heavy atom. The van der Waals surface area contributed by atoms with Crippen molar-refractivity contribution in [3.05, 3.63) is 17.7 Å². The van der Waals surface area contributed by atoms with Gasteiger partial charge in [-0.05, 0) is 24.5 Å². The maximum absolute atomic E-state index is 4.82. The highest BCUT2D eigenvalue weighted by molar-refractivity contribution is 7.99. The van der Waals surface area contributed by atoms with Crippen LogP contribution in [0.5, 0.6) is 0 Å². The van der Waals surface area contributed by atoms with Gasteiger partial charge in [0, 0.05) is 30.8 Å². The van der Waals surface area contributed by atoms with Gasteiger partial charge in [0.15, 0.2) is 0 Å². The number of imidazole rings is 1. The minimum Gasteiger partial charge on any atom is -0.334 e. The van der Waals surface area contributed by atoms with E-state index >= 15 is 0 Å². The number of hydrogen-bond acceptors (Lipinski definition) is 2. The van der Waals surface area contributed by atoms with Crippen LogP contribution < -0.4 is 0 Å². The maximum atomic E-state index is 4.82. The van der Waals surface area contributed by atoms with Gasteiger partial charge in [-0.15, -0.1) is 0 Å². The topological polar surface area (TPSA) is 17.8 Å². The Kier molecular flexibility index (Phi) is 2.51. The van der Waals surface area contributed by atoms with Gasteiger partial charge in [0.25, 0.3) is 0 Å². The molecule has 1 saturated heterocycles. The van der Waals surface area contributed by atoms with E-state index in [1.54, 1.807) is 0 Å². The van der Waals surface area contributed by atoms with Crippen LogP contribution in [0, 0.1) is 5.92 Å². The maximum Gasteiger partial charge on any atom is 0.108 e. The van der Waals surface area contributed by atoms with Crippen LogP contribution >= 0.6 is 11.8 Å². The van der Waals surface area contributed by atoms with Crippen LogP contribution in [-0.4, -0.2) is 21.1 Å². The normalized spacial score (nSPS) is 30.5. The summed E-state index contributed by atoms with van der Waals surface area (Å²) in [5.41, 5.74) is 1.36. The summed E-state index contributed by atoms with van der Waals surface area (Å²) in [6, 6.07) is 0. The first kappa shape index (κ1) is 9.76. The van der Waals surface area contributed by atoms with Crippen LogP contribution in [0.25, 0.3) is 0 Å². The largest absolute Gasteiger partial charge is 0.334 e. The second kappa shape index (κ2) is 3.85. The van der Waals surface area contributed by atoms with Crippen molar-refractivity contribution in [3.8, 4) is 0 Å². The van der Waals surface area contributed by atoms with Gasteiger partial charge in [0.05, 0.1) is 5.69 Å². The van der Waals surface area contributed by atoms with Crippen LogP contribution in [0.3, 0.4) is 0 Å². The monoisotopic (exact) mass is 222 g/mol. The molecule has 0 aromatic carbocycles. The highest BCUT2D eigenvalue weighted by Crippen LogP contribution is 2.32. The third-order valence-corrected chi connectivity index (χ3v) is 4.76. The molecular weight excluding hydrogens is 204 g/mol. The molecule has 1 aromatic rings. The van der Waals surface area contributed by atoms with Crippen molar-refractivity contribution >= 4 is 11.8 Å². The fourth-order valence-corrected chi connectivity index (χ4v) is 3.84. The summed E-state index contributed by atoms with van der Waals surface area (Å²) in [7, 11) is 0. The predicted octanol–water partition coefficient (Wildman–Crippen LogP) is 2.69. The average Bonchev–Trinajstić information content (AvgIpc) is 2.84. The molecule has 0 radical (unpaired) electrons. The van der Waals surface area contributed by atoms with Crippen LogP contribution in [0.2, 0.25) is 0 Å². The molecule has 2 aliphatic heterocycles. The van der Waals surface area contributed by atoms with E-state index in [4.69, 9.17) is 4.98 Å². The van der Waals surface area contributed by atoms with Gasteiger partial charge in [0.1, 0.15) is 5.82 Å². The number of thioether (sulfide) groups is 1. The van der Waals surface area contributed by atoms with Gasteiger partial charge in [-0.3, -0.25) is 0 Å². The molecule has 0 N–H and O–H groups in total. The summed E-state index contributed by atoms with van der Waals surface area (Å²) in [6.45, 7) is 3.52. The van der Waals surface area contributed by atoms with Crippen molar-refractivity contribution in [2.24, 2.45) is 5.92 Å². The van der Waals surface area contributed by atoms with Crippen LogP contribution in [0.15, 0.2) is 6.20 Å². The highest BCUT2D eigenvalue weighted by atomic mass is 32.2. The average molecular weight is 222 g/mol. The minimum atomic E-state index is 0.739. The van der Waals surface area contributed by atoms with Crippen molar-refractivity contribution in [2.45, 2.75) is 38.6 Å². The molecule has 0 spiro atoms. The summed E-state index contributed by atoms with van der Waals surface area (Å²) < 4.78 is 2.40. The first-order chi connectivity index (χ1) is 7.33. The van der Waals surface area contributed by atoms with E-state index in [0.717, 1.165) is 11.8 Å². The Balaban J connectivity index is 1.85. The predicted molar refractivity (Wildman–Crippen MR) is 64.4 cm³/mol. The molecule has 0 saturated carbocycles. The van der Waals surface area contributed by atoms with Gasteiger partial charge in [-0.25, -0.2) is 4.98 Å². The molecule has 1 aromatic heterocycles. The lowest BCUT2D eigenvalue weighted by Crippen LogP contribution is -2.17. The summed E-state index contributed by atoms with van der Waals surface area (Å²) in [5.74, 6) is 5.51. The van der Waals surface area contributed by atoms with Gasteiger partial charge in [-0.1, -0.05) is 6.92 Å². The zero-order chi connectivity index (χ0) is 10.3. The number of fused-ring (bicyclic) bond motifs is 1. The Bertz CT molecular complexity index is 353. The number of aromatic nitrogens is 2. The van der Waals surface area contributed by atoms with Crippen molar-refractivity contribution in [1.29, 1.82) is 0 Å². The lowest BCUT2D eigenvalue weighted by atomic mass is 10.0. The van der Waals surface area contributed by atoms with Crippen LogP contribution in [0.4, 0.5) is 0 Å². The van der Waals surface area contributed by atoms with Gasteiger partial charge >= 0.3 is 0 Å². The summed E-state index contributed by atoms with van der Waals surface area (Å²) >= 11 is 2.07. The molecule has 0 amide bonds. The molecule has 0 bridgehead atoms. The fraction of sp³-hybridized carbons (Fsp3) is 0.750. The summed E-state index contributed by atoms with van der Waals surface area (Å²) in [5, 5.41) is 0. The summed E-state index contributed by atoms with van der Waals surface area (Å²) in [6.07, 6.45) is 6.15. The van der Waals surface area contributed by atoms with Gasteiger partial charge in [-0.2, -0.15) is 11.8 Å². The van der Waals surface area contributed by atoms with Crippen LogP contribution in [-0.2, 0) is 13.0 Å². The quantitative estimate of drug-likeness (QED) is 0.727. The molecule has 3 rings (SSSR count). The molecule has 3 heterocycles. The van der Waals surface area contributed by atoms with Gasteiger partial charge in [0.2, 0.25) is 0 Å². The third kappa shape index (κ3) is 1.82. The number of aryl methyl sites for hydroxylation is 1. The van der Waals surface area contributed by atoms with Crippen molar-refractivity contribution < 1.29 is 0 Å². The second-order valence-electron chi connectivity index (χ2n) is 4.94. The lowest BCUT2D eigenvalue weighted by Gasteiger charge is -2.19. The first-order valence-corrected chi connectivity index (χ1v) is 7.12. The Morgan fingerprint density at radius 2 is 2.40 bits per heavy atom. The van der Waals surface area contributed by atoms with E-state index in [2.05, 4.69) is 29.4 Å². The number of rotatable bonds is 1. The standard InChI is InChI=1S/C12H18N2S/c1-9-2-3-12-13-11(7-14(12)6-9)10-4-5-15-8-10/h7,9-10H,2-6,8H2,1H3. The molecule has 2 atom stereocenters. The van der Waals surface area contributed by atoms with E-state index < -0.39 is 0 Å². The number of nitrogens with zero attached hydrogens (tertiary/aromatic N) is 2. The fourth-order valence-electron chi connectivity index (χ4n) is 2.60. The number of hydrogen-bond donors (Lipinski definition) is 0. The van der Waals surface area contributed by atoms with E-state index in [1.165, 1.54) is 48.8 Å². The van der Waals surface area contributed by atoms with E-state index in [0.29, 0.717) is 0 Å². The SMILES string of the molecule is CC1CCc2nc(C3CCSC3)cn2C1.